The van der Waals surface area contributed by atoms with Crippen molar-refractivity contribution in [3.05, 3.63) is 29.6 Å². The summed E-state index contributed by atoms with van der Waals surface area (Å²) in [6, 6.07) is 2.92. The number of hydrogen-bond donors (Lipinski definition) is 2. The minimum absolute atomic E-state index is 0.133. The van der Waals surface area contributed by atoms with Gasteiger partial charge in [0.05, 0.1) is 10.5 Å². The Morgan fingerprint density at radius 2 is 2.19 bits per heavy atom. The molecule has 0 aliphatic rings. The zero-order chi connectivity index (χ0) is 16.0. The van der Waals surface area contributed by atoms with E-state index in [4.69, 9.17) is 10.4 Å². The quantitative estimate of drug-likeness (QED) is 0.795. The molecule has 0 fully saturated rings. The first kappa shape index (κ1) is 17.1. The zero-order valence-corrected chi connectivity index (χ0v) is 12.2. The molecule has 21 heavy (non-hydrogen) atoms. The molecule has 1 aromatic rings. The van der Waals surface area contributed by atoms with Gasteiger partial charge in [-0.15, -0.1) is 0 Å². The Labute approximate surface area is 122 Å². The SMILES string of the molecule is CCCCC(NS(=O)(=O)c1ccc(F)cc1C#N)C(=O)O. The summed E-state index contributed by atoms with van der Waals surface area (Å²) in [5, 5.41) is 17.9. The van der Waals surface area contributed by atoms with Gasteiger partial charge in [0.2, 0.25) is 10.0 Å². The van der Waals surface area contributed by atoms with Crippen LogP contribution in [0.5, 0.6) is 0 Å². The van der Waals surface area contributed by atoms with Gasteiger partial charge in [-0.2, -0.15) is 9.98 Å². The van der Waals surface area contributed by atoms with Gasteiger partial charge in [0.15, 0.2) is 0 Å². The molecule has 0 bridgehead atoms. The van der Waals surface area contributed by atoms with E-state index in [1.807, 2.05) is 11.6 Å². The third-order valence-corrected chi connectivity index (χ3v) is 4.32. The maximum absolute atomic E-state index is 13.0. The molecule has 0 saturated heterocycles. The molecule has 0 spiro atoms. The van der Waals surface area contributed by atoms with Crippen LogP contribution in [0, 0.1) is 17.1 Å². The number of unbranched alkanes of at least 4 members (excludes halogenated alkanes) is 1. The zero-order valence-electron chi connectivity index (χ0n) is 11.3. The molecule has 1 unspecified atom stereocenters. The molecular formula is C13H15FN2O4S. The molecule has 0 aromatic heterocycles. The second kappa shape index (κ2) is 7.15. The molecule has 8 heteroatoms. The van der Waals surface area contributed by atoms with Crippen molar-refractivity contribution in [2.45, 2.75) is 37.1 Å². The van der Waals surface area contributed by atoms with Gasteiger partial charge in [0, 0.05) is 0 Å². The van der Waals surface area contributed by atoms with Crippen LogP contribution in [0.25, 0.3) is 0 Å². The number of benzene rings is 1. The maximum atomic E-state index is 13.0. The van der Waals surface area contributed by atoms with Gasteiger partial charge in [-0.1, -0.05) is 19.8 Å². The van der Waals surface area contributed by atoms with E-state index in [2.05, 4.69) is 0 Å². The fraction of sp³-hybridized carbons (Fsp3) is 0.385. The topological polar surface area (TPSA) is 107 Å². The van der Waals surface area contributed by atoms with Crippen molar-refractivity contribution in [1.82, 2.24) is 4.72 Å². The number of carboxylic acids is 1. The van der Waals surface area contributed by atoms with Gasteiger partial charge in [-0.25, -0.2) is 12.8 Å². The van der Waals surface area contributed by atoms with Gasteiger partial charge >= 0.3 is 5.97 Å². The summed E-state index contributed by atoms with van der Waals surface area (Å²) in [7, 11) is -4.21. The largest absolute Gasteiger partial charge is 0.480 e. The number of rotatable bonds is 7. The average molecular weight is 314 g/mol. The van der Waals surface area contributed by atoms with Gasteiger partial charge in [0.1, 0.15) is 17.9 Å². The fourth-order valence-electron chi connectivity index (χ4n) is 1.72. The minimum atomic E-state index is -4.21. The molecule has 0 saturated carbocycles. The van der Waals surface area contributed by atoms with E-state index < -0.39 is 32.7 Å². The highest BCUT2D eigenvalue weighted by atomic mass is 32.2. The summed E-state index contributed by atoms with van der Waals surface area (Å²) in [6.45, 7) is 1.85. The molecule has 0 heterocycles. The number of hydrogen-bond acceptors (Lipinski definition) is 4. The van der Waals surface area contributed by atoms with Crippen LogP contribution in [0.2, 0.25) is 0 Å². The lowest BCUT2D eigenvalue weighted by Gasteiger charge is -2.15. The van der Waals surface area contributed by atoms with Crippen LogP contribution in [0.3, 0.4) is 0 Å². The van der Waals surface area contributed by atoms with Crippen LogP contribution >= 0.6 is 0 Å². The Bertz CT molecular complexity index is 667. The van der Waals surface area contributed by atoms with Crippen molar-refractivity contribution in [2.24, 2.45) is 0 Å². The van der Waals surface area contributed by atoms with E-state index in [-0.39, 0.29) is 12.0 Å². The fourth-order valence-corrected chi connectivity index (χ4v) is 3.08. The molecule has 6 nitrogen and oxygen atoms in total. The van der Waals surface area contributed by atoms with Gasteiger partial charge in [-0.3, -0.25) is 4.79 Å². The summed E-state index contributed by atoms with van der Waals surface area (Å²) in [4.78, 5) is 10.6. The molecule has 0 radical (unpaired) electrons. The van der Waals surface area contributed by atoms with Crippen LogP contribution in [-0.4, -0.2) is 25.5 Å². The van der Waals surface area contributed by atoms with E-state index >= 15 is 0 Å². The van der Waals surface area contributed by atoms with Gasteiger partial charge in [0.25, 0.3) is 0 Å². The Hall–Kier alpha value is -1.98. The molecule has 2 N–H and O–H groups in total. The minimum Gasteiger partial charge on any atom is -0.480 e. The van der Waals surface area contributed by atoms with Crippen molar-refractivity contribution < 1.29 is 22.7 Å². The maximum Gasteiger partial charge on any atom is 0.321 e. The summed E-state index contributed by atoms with van der Waals surface area (Å²) < 4.78 is 39.4. The number of nitriles is 1. The first-order valence-corrected chi connectivity index (χ1v) is 7.75. The van der Waals surface area contributed by atoms with Crippen LogP contribution in [-0.2, 0) is 14.8 Å². The normalized spacial score (nSPS) is 12.6. The van der Waals surface area contributed by atoms with E-state index in [0.717, 1.165) is 18.2 Å². The summed E-state index contributed by atoms with van der Waals surface area (Å²) in [5.41, 5.74) is -0.373. The third-order valence-electron chi connectivity index (χ3n) is 2.79. The standard InChI is InChI=1S/C13H15FN2O4S/c1-2-3-4-11(13(17)18)16-21(19,20)12-6-5-10(14)7-9(12)8-15/h5-7,11,16H,2-4H2,1H3,(H,17,18). The van der Waals surface area contributed by atoms with Crippen molar-refractivity contribution >= 4 is 16.0 Å². The molecule has 0 aliphatic heterocycles. The Morgan fingerprint density at radius 1 is 1.52 bits per heavy atom. The summed E-state index contributed by atoms with van der Waals surface area (Å²) in [5.74, 6) is -2.04. The van der Waals surface area contributed by atoms with E-state index in [0.29, 0.717) is 12.8 Å². The van der Waals surface area contributed by atoms with Crippen molar-refractivity contribution in [3.63, 3.8) is 0 Å². The predicted molar refractivity (Wildman–Crippen MR) is 72.4 cm³/mol. The number of halogens is 1. The molecular weight excluding hydrogens is 299 g/mol. The highest BCUT2D eigenvalue weighted by Crippen LogP contribution is 2.17. The highest BCUT2D eigenvalue weighted by molar-refractivity contribution is 7.89. The van der Waals surface area contributed by atoms with Crippen LogP contribution < -0.4 is 4.72 Å². The highest BCUT2D eigenvalue weighted by Gasteiger charge is 2.26. The first-order valence-electron chi connectivity index (χ1n) is 6.26. The lowest BCUT2D eigenvalue weighted by Crippen LogP contribution is -2.40. The second-order valence-corrected chi connectivity index (χ2v) is 6.09. The van der Waals surface area contributed by atoms with Crippen molar-refractivity contribution in [2.75, 3.05) is 0 Å². The number of nitrogens with zero attached hydrogens (tertiary/aromatic N) is 1. The third kappa shape index (κ3) is 4.51. The van der Waals surface area contributed by atoms with Gasteiger partial charge in [-0.05, 0) is 24.6 Å². The summed E-state index contributed by atoms with van der Waals surface area (Å²) in [6.07, 6.45) is 1.38. The lowest BCUT2D eigenvalue weighted by molar-refractivity contribution is -0.139. The monoisotopic (exact) mass is 314 g/mol. The lowest BCUT2D eigenvalue weighted by atomic mass is 10.1. The van der Waals surface area contributed by atoms with Crippen LogP contribution in [0.4, 0.5) is 4.39 Å². The van der Waals surface area contributed by atoms with E-state index in [9.17, 15) is 17.6 Å². The number of nitrogens with one attached hydrogen (secondary N) is 1. The average Bonchev–Trinajstić information content (AvgIpc) is 2.42. The van der Waals surface area contributed by atoms with Crippen LogP contribution in [0.1, 0.15) is 31.7 Å². The van der Waals surface area contributed by atoms with Crippen molar-refractivity contribution in [1.29, 1.82) is 5.26 Å². The smallest absolute Gasteiger partial charge is 0.321 e. The Balaban J connectivity index is 3.11. The van der Waals surface area contributed by atoms with E-state index in [1.165, 1.54) is 0 Å². The molecule has 1 rings (SSSR count). The number of carbonyl (C=O) groups is 1. The molecule has 0 amide bonds. The number of sulfonamides is 1. The van der Waals surface area contributed by atoms with Crippen molar-refractivity contribution in [3.8, 4) is 6.07 Å². The molecule has 1 aromatic carbocycles. The number of aliphatic carboxylic acids is 1. The second-order valence-electron chi connectivity index (χ2n) is 4.41. The van der Waals surface area contributed by atoms with E-state index in [1.54, 1.807) is 6.07 Å². The summed E-state index contributed by atoms with van der Waals surface area (Å²) >= 11 is 0. The van der Waals surface area contributed by atoms with Gasteiger partial charge < -0.3 is 5.11 Å². The molecule has 1 atom stereocenters. The van der Waals surface area contributed by atoms with Crippen LogP contribution in [0.15, 0.2) is 23.1 Å². The molecule has 0 aliphatic carbocycles. The predicted octanol–water partition coefficient (Wildman–Crippen LogP) is 1.62. The Kier molecular flexibility index (Phi) is 5.81. The first-order chi connectivity index (χ1) is 9.81. The molecule has 114 valence electrons. The Morgan fingerprint density at radius 3 is 2.71 bits per heavy atom. The number of carboxylic acid groups (broad SMARTS) is 1.